The second-order valence-corrected chi connectivity index (χ2v) is 8.92. The molecular formula is C27H37N3O3. The standard InChI is InChI=1S/C27H37N3O3/c1-20-7-6-10-22(19-20)26(31)30-25(16-11-21-8-4-3-5-9-21)27(32)29-18-17-28-23-12-14-24(33-2)15-13-23/h6-7,10,12-15,19,21,25,28H,3-5,8-9,11,16-18H2,1-2H3,(H,29,32)(H,30,31)/t25-/m0/s1. The number of carbonyl (C=O) groups excluding carboxylic acids is 2. The lowest BCUT2D eigenvalue weighted by Gasteiger charge is -2.24. The van der Waals surface area contributed by atoms with Crippen molar-refractivity contribution in [1.29, 1.82) is 0 Å². The second kappa shape index (κ2) is 12.9. The van der Waals surface area contributed by atoms with Crippen molar-refractivity contribution < 1.29 is 14.3 Å². The van der Waals surface area contributed by atoms with E-state index in [-0.39, 0.29) is 11.8 Å². The summed E-state index contributed by atoms with van der Waals surface area (Å²) in [6.07, 6.45) is 7.95. The van der Waals surface area contributed by atoms with E-state index in [0.717, 1.165) is 23.4 Å². The van der Waals surface area contributed by atoms with Gasteiger partial charge in [-0.05, 0) is 62.1 Å². The summed E-state index contributed by atoms with van der Waals surface area (Å²) in [5, 5.41) is 9.27. The summed E-state index contributed by atoms with van der Waals surface area (Å²) in [6.45, 7) is 3.03. The number of ether oxygens (including phenoxy) is 1. The van der Waals surface area contributed by atoms with Crippen LogP contribution in [0.5, 0.6) is 5.75 Å². The van der Waals surface area contributed by atoms with Gasteiger partial charge in [0.1, 0.15) is 11.8 Å². The zero-order chi connectivity index (χ0) is 23.5. The first-order chi connectivity index (χ1) is 16.0. The average molecular weight is 452 g/mol. The number of benzene rings is 2. The number of nitrogens with one attached hydrogen (secondary N) is 3. The molecule has 0 bridgehead atoms. The van der Waals surface area contributed by atoms with E-state index in [1.807, 2.05) is 49.4 Å². The number of carbonyl (C=O) groups is 2. The van der Waals surface area contributed by atoms with Gasteiger partial charge < -0.3 is 20.7 Å². The van der Waals surface area contributed by atoms with Crippen molar-refractivity contribution in [2.24, 2.45) is 5.92 Å². The van der Waals surface area contributed by atoms with Crippen molar-refractivity contribution in [2.45, 2.75) is 57.9 Å². The molecule has 1 aliphatic carbocycles. The van der Waals surface area contributed by atoms with Crippen LogP contribution in [0.1, 0.15) is 60.9 Å². The highest BCUT2D eigenvalue weighted by atomic mass is 16.5. The molecule has 33 heavy (non-hydrogen) atoms. The minimum absolute atomic E-state index is 0.122. The van der Waals surface area contributed by atoms with Crippen LogP contribution in [0.25, 0.3) is 0 Å². The van der Waals surface area contributed by atoms with Crippen LogP contribution in [0.3, 0.4) is 0 Å². The lowest BCUT2D eigenvalue weighted by Crippen LogP contribution is -2.47. The molecule has 0 aromatic heterocycles. The quantitative estimate of drug-likeness (QED) is 0.433. The highest BCUT2D eigenvalue weighted by molar-refractivity contribution is 5.97. The molecule has 0 aliphatic heterocycles. The van der Waals surface area contributed by atoms with Crippen LogP contribution in [0.4, 0.5) is 5.69 Å². The van der Waals surface area contributed by atoms with Crippen LogP contribution in [-0.4, -0.2) is 38.1 Å². The van der Waals surface area contributed by atoms with Gasteiger partial charge in [-0.3, -0.25) is 9.59 Å². The molecule has 1 atom stereocenters. The highest BCUT2D eigenvalue weighted by Gasteiger charge is 2.23. The molecule has 0 heterocycles. The van der Waals surface area contributed by atoms with E-state index in [4.69, 9.17) is 4.74 Å². The Kier molecular flexibility index (Phi) is 9.60. The van der Waals surface area contributed by atoms with Gasteiger partial charge in [0, 0.05) is 24.3 Å². The van der Waals surface area contributed by atoms with Gasteiger partial charge in [0.15, 0.2) is 0 Å². The molecule has 2 amide bonds. The molecule has 6 nitrogen and oxygen atoms in total. The van der Waals surface area contributed by atoms with Gasteiger partial charge in [-0.2, -0.15) is 0 Å². The van der Waals surface area contributed by atoms with E-state index in [0.29, 0.717) is 31.0 Å². The van der Waals surface area contributed by atoms with Gasteiger partial charge >= 0.3 is 0 Å². The molecule has 178 valence electrons. The van der Waals surface area contributed by atoms with Crippen LogP contribution >= 0.6 is 0 Å². The lowest BCUT2D eigenvalue weighted by atomic mass is 9.85. The Labute approximate surface area is 197 Å². The van der Waals surface area contributed by atoms with Crippen LogP contribution in [0.15, 0.2) is 48.5 Å². The van der Waals surface area contributed by atoms with E-state index in [2.05, 4.69) is 16.0 Å². The fraction of sp³-hybridized carbons (Fsp3) is 0.481. The lowest BCUT2D eigenvalue weighted by molar-refractivity contribution is -0.123. The van der Waals surface area contributed by atoms with E-state index in [1.54, 1.807) is 13.2 Å². The monoisotopic (exact) mass is 451 g/mol. The molecular weight excluding hydrogens is 414 g/mol. The first-order valence-electron chi connectivity index (χ1n) is 12.1. The minimum Gasteiger partial charge on any atom is -0.497 e. The smallest absolute Gasteiger partial charge is 0.251 e. The van der Waals surface area contributed by atoms with E-state index < -0.39 is 6.04 Å². The van der Waals surface area contributed by atoms with Gasteiger partial charge in [-0.1, -0.05) is 49.8 Å². The van der Waals surface area contributed by atoms with Crippen molar-refractivity contribution in [3.8, 4) is 5.75 Å². The average Bonchev–Trinajstić information content (AvgIpc) is 2.85. The molecule has 3 rings (SSSR count). The van der Waals surface area contributed by atoms with Crippen LogP contribution in [0.2, 0.25) is 0 Å². The number of rotatable bonds is 11. The fourth-order valence-corrected chi connectivity index (χ4v) is 4.40. The first kappa shape index (κ1) is 24.6. The third kappa shape index (κ3) is 8.12. The highest BCUT2D eigenvalue weighted by Crippen LogP contribution is 2.27. The van der Waals surface area contributed by atoms with Crippen molar-refractivity contribution >= 4 is 17.5 Å². The summed E-state index contributed by atoms with van der Waals surface area (Å²) in [6, 6.07) is 14.6. The maximum absolute atomic E-state index is 13.0. The number of amides is 2. The fourth-order valence-electron chi connectivity index (χ4n) is 4.40. The molecule has 0 radical (unpaired) electrons. The van der Waals surface area contributed by atoms with E-state index in [9.17, 15) is 9.59 Å². The Morgan fingerprint density at radius 1 is 1.03 bits per heavy atom. The summed E-state index contributed by atoms with van der Waals surface area (Å²) in [5.41, 5.74) is 2.58. The normalized spacial score (nSPS) is 14.8. The third-order valence-corrected chi connectivity index (χ3v) is 6.33. The van der Waals surface area contributed by atoms with Gasteiger partial charge in [-0.15, -0.1) is 0 Å². The minimum atomic E-state index is -0.527. The van der Waals surface area contributed by atoms with Crippen molar-refractivity contribution in [1.82, 2.24) is 10.6 Å². The Hall–Kier alpha value is -3.02. The van der Waals surface area contributed by atoms with E-state index >= 15 is 0 Å². The second-order valence-electron chi connectivity index (χ2n) is 8.92. The molecule has 6 heteroatoms. The Balaban J connectivity index is 1.52. The molecule has 3 N–H and O–H groups in total. The van der Waals surface area contributed by atoms with Crippen LogP contribution in [-0.2, 0) is 4.79 Å². The SMILES string of the molecule is COc1ccc(NCCNC(=O)[C@H](CCC2CCCCC2)NC(=O)c2cccc(C)c2)cc1. The zero-order valence-electron chi connectivity index (χ0n) is 19.9. The predicted octanol–water partition coefficient (Wildman–Crippen LogP) is 4.69. The summed E-state index contributed by atoms with van der Waals surface area (Å²) in [4.78, 5) is 25.8. The van der Waals surface area contributed by atoms with Crippen LogP contribution in [0, 0.1) is 12.8 Å². The Bertz CT molecular complexity index is 892. The number of anilines is 1. The molecule has 0 unspecified atom stereocenters. The first-order valence-corrected chi connectivity index (χ1v) is 12.1. The third-order valence-electron chi connectivity index (χ3n) is 6.33. The summed E-state index contributed by atoms with van der Waals surface area (Å²) in [7, 11) is 1.64. The summed E-state index contributed by atoms with van der Waals surface area (Å²) < 4.78 is 5.17. The van der Waals surface area contributed by atoms with Gasteiger partial charge in [0.05, 0.1) is 7.11 Å². The summed E-state index contributed by atoms with van der Waals surface area (Å²) in [5.74, 6) is 1.14. The molecule has 1 saturated carbocycles. The predicted molar refractivity (Wildman–Crippen MR) is 133 cm³/mol. The maximum Gasteiger partial charge on any atom is 0.251 e. The molecule has 0 spiro atoms. The van der Waals surface area contributed by atoms with Crippen molar-refractivity contribution in [3.63, 3.8) is 0 Å². The Morgan fingerprint density at radius 2 is 1.79 bits per heavy atom. The number of aryl methyl sites for hydroxylation is 1. The summed E-state index contributed by atoms with van der Waals surface area (Å²) >= 11 is 0. The maximum atomic E-state index is 13.0. The molecule has 1 aliphatic rings. The van der Waals surface area contributed by atoms with Gasteiger partial charge in [0.2, 0.25) is 5.91 Å². The molecule has 0 saturated heterocycles. The Morgan fingerprint density at radius 3 is 2.48 bits per heavy atom. The number of hydrogen-bond acceptors (Lipinski definition) is 4. The largest absolute Gasteiger partial charge is 0.497 e. The van der Waals surface area contributed by atoms with Crippen LogP contribution < -0.4 is 20.7 Å². The molecule has 1 fully saturated rings. The van der Waals surface area contributed by atoms with E-state index in [1.165, 1.54) is 32.1 Å². The topological polar surface area (TPSA) is 79.5 Å². The number of methoxy groups -OCH3 is 1. The van der Waals surface area contributed by atoms with Crippen molar-refractivity contribution in [3.05, 3.63) is 59.7 Å². The molecule has 2 aromatic rings. The van der Waals surface area contributed by atoms with Crippen molar-refractivity contribution in [2.75, 3.05) is 25.5 Å². The molecule has 2 aromatic carbocycles. The van der Waals surface area contributed by atoms with Gasteiger partial charge in [-0.25, -0.2) is 0 Å². The van der Waals surface area contributed by atoms with Gasteiger partial charge in [0.25, 0.3) is 5.91 Å². The zero-order valence-corrected chi connectivity index (χ0v) is 19.9. The number of hydrogen-bond donors (Lipinski definition) is 3.